The van der Waals surface area contributed by atoms with Crippen molar-refractivity contribution in [2.75, 3.05) is 25.2 Å². The van der Waals surface area contributed by atoms with Crippen molar-refractivity contribution in [1.29, 1.82) is 0 Å². The summed E-state index contributed by atoms with van der Waals surface area (Å²) in [7, 11) is -0.478. The molecule has 3 heterocycles. The second-order valence-corrected chi connectivity index (χ2v) is 18.8. The Morgan fingerprint density at radius 3 is 2.46 bits per heavy atom. The van der Waals surface area contributed by atoms with Gasteiger partial charge < -0.3 is 19.0 Å². The average molecular weight is 573 g/mol. The van der Waals surface area contributed by atoms with Gasteiger partial charge in [0.2, 0.25) is 5.91 Å². The summed E-state index contributed by atoms with van der Waals surface area (Å²) in [5.74, 6) is -0.0285. The molecule has 4 atom stereocenters. The summed E-state index contributed by atoms with van der Waals surface area (Å²) < 4.78 is 12.2. The number of carbonyl (C=O) groups is 2. The lowest BCUT2D eigenvalue weighted by molar-refractivity contribution is -0.142. The third-order valence-electron chi connectivity index (χ3n) is 10.9. The molecule has 3 aliphatic heterocycles. The second-order valence-electron chi connectivity index (χ2n) is 14.0. The Morgan fingerprint density at radius 1 is 1.05 bits per heavy atom. The molecule has 1 aliphatic carbocycles. The topological polar surface area (TPSA) is 59.1 Å². The number of piperidine rings is 1. The van der Waals surface area contributed by atoms with Gasteiger partial charge in [-0.1, -0.05) is 75.4 Å². The Bertz CT molecular complexity index is 1380. The predicted octanol–water partition coefficient (Wildman–Crippen LogP) is 6.22. The molecule has 0 N–H and O–H groups in total. The lowest BCUT2D eigenvalue weighted by atomic mass is 9.53. The van der Waals surface area contributed by atoms with Crippen LogP contribution in [0.1, 0.15) is 57.6 Å². The molecule has 0 radical (unpaired) electrons. The van der Waals surface area contributed by atoms with Crippen molar-refractivity contribution in [2.24, 2.45) is 5.41 Å². The van der Waals surface area contributed by atoms with E-state index in [1.807, 2.05) is 6.07 Å². The first kappa shape index (κ1) is 28.2. The summed E-state index contributed by atoms with van der Waals surface area (Å²) in [5, 5.41) is 0.112. The molecule has 1 amide bonds. The number of nitrogens with zero attached hydrogens (tertiary/aromatic N) is 2. The lowest BCUT2D eigenvalue weighted by Crippen LogP contribution is -2.66. The minimum Gasteiger partial charge on any atom is -0.466 e. The van der Waals surface area contributed by atoms with Crippen LogP contribution in [0.5, 0.6) is 0 Å². The fraction of sp³-hybridized carbons (Fsp3) is 0.529. The first-order chi connectivity index (χ1) is 19.5. The number of rotatable bonds is 7. The Labute approximate surface area is 245 Å². The van der Waals surface area contributed by atoms with Crippen LogP contribution in [0, 0.1) is 5.41 Å². The smallest absolute Gasteiger partial charge is 0.335 e. The monoisotopic (exact) mass is 572 g/mol. The number of hydrogen-bond acceptors (Lipinski definition) is 5. The van der Waals surface area contributed by atoms with Crippen LogP contribution in [-0.2, 0) is 30.7 Å². The first-order valence-corrected chi connectivity index (χ1v) is 18.0. The Balaban J connectivity index is 1.51. The van der Waals surface area contributed by atoms with Gasteiger partial charge in [0.05, 0.1) is 24.8 Å². The Hall–Kier alpha value is -2.90. The minimum atomic E-state index is -1.97. The highest BCUT2D eigenvalue weighted by atomic mass is 28.4. The quantitative estimate of drug-likeness (QED) is 0.291. The molecule has 6 nitrogen and oxygen atoms in total. The molecule has 2 saturated heterocycles. The molecule has 0 unspecified atom stereocenters. The van der Waals surface area contributed by atoms with Crippen molar-refractivity contribution in [3.8, 4) is 0 Å². The fourth-order valence-electron chi connectivity index (χ4n) is 8.09. The van der Waals surface area contributed by atoms with Crippen LogP contribution in [0.4, 0.5) is 5.69 Å². The maximum absolute atomic E-state index is 13.8. The highest BCUT2D eigenvalue weighted by molar-refractivity contribution is 6.74. The molecule has 0 bridgehead atoms. The Kier molecular flexibility index (Phi) is 6.77. The molecule has 6 rings (SSSR count). The lowest BCUT2D eigenvalue weighted by Gasteiger charge is -2.57. The molecule has 0 saturated carbocycles. The van der Waals surface area contributed by atoms with E-state index in [2.05, 4.69) is 98.3 Å². The molecule has 0 aromatic heterocycles. The summed E-state index contributed by atoms with van der Waals surface area (Å²) in [4.78, 5) is 31.9. The molecule has 2 fully saturated rings. The number of anilines is 1. The molecule has 4 aliphatic rings. The maximum Gasteiger partial charge on any atom is 0.335 e. The van der Waals surface area contributed by atoms with E-state index in [1.165, 1.54) is 18.2 Å². The van der Waals surface area contributed by atoms with E-state index >= 15 is 0 Å². The molecule has 2 aromatic carbocycles. The summed E-state index contributed by atoms with van der Waals surface area (Å²) >= 11 is 0. The number of hydrogen-bond donors (Lipinski definition) is 0. The van der Waals surface area contributed by atoms with E-state index in [9.17, 15) is 9.59 Å². The third kappa shape index (κ3) is 4.22. The zero-order valence-corrected chi connectivity index (χ0v) is 26.4. The van der Waals surface area contributed by atoms with Crippen molar-refractivity contribution in [3.63, 3.8) is 0 Å². The zero-order valence-electron chi connectivity index (χ0n) is 25.4. The number of methoxy groups -OCH3 is 1. The summed E-state index contributed by atoms with van der Waals surface area (Å²) in [5.41, 5.74) is 3.59. The van der Waals surface area contributed by atoms with E-state index < -0.39 is 13.7 Å². The van der Waals surface area contributed by atoms with Gasteiger partial charge in [-0.3, -0.25) is 4.79 Å². The van der Waals surface area contributed by atoms with Gasteiger partial charge in [-0.25, -0.2) is 4.79 Å². The van der Waals surface area contributed by atoms with Crippen LogP contribution in [0.25, 0.3) is 0 Å². The van der Waals surface area contributed by atoms with E-state index in [-0.39, 0.29) is 34.4 Å². The zero-order chi connectivity index (χ0) is 29.2. The molecule has 218 valence electrons. The van der Waals surface area contributed by atoms with Crippen LogP contribution in [-0.4, -0.2) is 57.4 Å². The van der Waals surface area contributed by atoms with E-state index in [1.54, 1.807) is 0 Å². The van der Waals surface area contributed by atoms with Gasteiger partial charge in [0.1, 0.15) is 0 Å². The van der Waals surface area contributed by atoms with Crippen LogP contribution in [0.3, 0.4) is 0 Å². The molecular formula is C34H44N2O4Si. The Morgan fingerprint density at radius 2 is 1.76 bits per heavy atom. The van der Waals surface area contributed by atoms with Crippen LogP contribution in [0.2, 0.25) is 18.1 Å². The molecular weight excluding hydrogens is 528 g/mol. The third-order valence-corrected chi connectivity index (χ3v) is 15.5. The van der Waals surface area contributed by atoms with Crippen LogP contribution < -0.4 is 4.90 Å². The highest BCUT2D eigenvalue weighted by Crippen LogP contribution is 2.65. The standard InChI is InChI=1S/C34H44N2O4Si/c1-32(2,3)41(5,6)40-21-19-33-17-16-28(37)35-20-18-34(31(33)35)26-14-10-11-15-27(26)36(23-24-12-8-7-9-13-24)29(34)25(22-33)30(38)39-4/h7-15,22,29,31H,16-21,23H2,1-6H3/t29-,31-,33+,34-/m0/s1. The number of ether oxygens (including phenoxy) is 1. The number of carbonyl (C=O) groups excluding carboxylic acids is 2. The summed E-state index contributed by atoms with van der Waals surface area (Å²) in [6.07, 6.45) is 5.07. The van der Waals surface area contributed by atoms with Gasteiger partial charge in [-0.2, -0.15) is 0 Å². The van der Waals surface area contributed by atoms with Gasteiger partial charge in [0.15, 0.2) is 8.32 Å². The molecule has 1 spiro atoms. The minimum absolute atomic E-state index is 0.0282. The van der Waals surface area contributed by atoms with Crippen molar-refractivity contribution in [1.82, 2.24) is 4.90 Å². The van der Waals surface area contributed by atoms with Gasteiger partial charge in [0.25, 0.3) is 0 Å². The number of fused-ring (bicyclic) bond motifs is 1. The van der Waals surface area contributed by atoms with E-state index in [4.69, 9.17) is 9.16 Å². The molecule has 41 heavy (non-hydrogen) atoms. The largest absolute Gasteiger partial charge is 0.466 e. The number of amides is 1. The molecule has 7 heteroatoms. The van der Waals surface area contributed by atoms with E-state index in [0.717, 1.165) is 30.5 Å². The average Bonchev–Trinajstić information content (AvgIpc) is 3.48. The normalized spacial score (nSPS) is 28.6. The van der Waals surface area contributed by atoms with Crippen LogP contribution >= 0.6 is 0 Å². The highest BCUT2D eigenvalue weighted by Gasteiger charge is 2.70. The van der Waals surface area contributed by atoms with Crippen molar-refractivity contribution >= 4 is 25.9 Å². The van der Waals surface area contributed by atoms with Gasteiger partial charge in [0, 0.05) is 42.6 Å². The van der Waals surface area contributed by atoms with Gasteiger partial charge in [-0.15, -0.1) is 0 Å². The van der Waals surface area contributed by atoms with Crippen molar-refractivity contribution in [2.45, 2.75) is 88.6 Å². The first-order valence-electron chi connectivity index (χ1n) is 15.1. The number of benzene rings is 2. The number of esters is 1. The van der Waals surface area contributed by atoms with Crippen molar-refractivity contribution < 1.29 is 18.8 Å². The van der Waals surface area contributed by atoms with Crippen LogP contribution in [0.15, 0.2) is 66.2 Å². The summed E-state index contributed by atoms with van der Waals surface area (Å²) in [6, 6.07) is 18.9. The van der Waals surface area contributed by atoms with E-state index in [0.29, 0.717) is 26.1 Å². The predicted molar refractivity (Wildman–Crippen MR) is 164 cm³/mol. The maximum atomic E-state index is 13.8. The fourth-order valence-corrected chi connectivity index (χ4v) is 9.13. The van der Waals surface area contributed by atoms with Gasteiger partial charge >= 0.3 is 5.97 Å². The molecule has 2 aromatic rings. The summed E-state index contributed by atoms with van der Waals surface area (Å²) in [6.45, 7) is 13.4. The second kappa shape index (κ2) is 9.84. The van der Waals surface area contributed by atoms with Gasteiger partial charge in [-0.05, 0) is 54.6 Å². The van der Waals surface area contributed by atoms with Crippen molar-refractivity contribution in [3.05, 3.63) is 77.4 Å². The number of para-hydroxylation sites is 1. The SMILES string of the molecule is COC(=O)C1=C[C@]2(CCO[Si](C)(C)C(C)(C)C)CCC(=O)N3CC[C@@]4(c5ccccc5N(Cc5ccccc5)[C@@H]14)[C@@H]32.